The number of carboxylic acid groups (broad SMARTS) is 1. The summed E-state index contributed by atoms with van der Waals surface area (Å²) in [7, 11) is 0. The van der Waals surface area contributed by atoms with E-state index in [9.17, 15) is 14.0 Å². The minimum atomic E-state index is -1.19. The quantitative estimate of drug-likeness (QED) is 0.807. The third-order valence-corrected chi connectivity index (χ3v) is 2.26. The molecular weight excluding hydrogens is 225 g/mol. The molecule has 0 saturated heterocycles. The molecule has 0 spiro atoms. The minimum Gasteiger partial charge on any atom is -0.478 e. The predicted octanol–water partition coefficient (Wildman–Crippen LogP) is 2.06. The molecule has 0 aliphatic heterocycles. The van der Waals surface area contributed by atoms with Gasteiger partial charge in [0.2, 0.25) is 0 Å². The molecule has 1 N–H and O–H groups in total. The van der Waals surface area contributed by atoms with Gasteiger partial charge < -0.3 is 5.11 Å². The van der Waals surface area contributed by atoms with Gasteiger partial charge in [-0.2, -0.15) is 0 Å². The largest absolute Gasteiger partial charge is 0.478 e. The van der Waals surface area contributed by atoms with Crippen LogP contribution in [0.3, 0.4) is 0 Å². The highest BCUT2D eigenvalue weighted by atomic mass is 19.1. The third-order valence-electron chi connectivity index (χ3n) is 2.26. The number of aromatic nitrogens is 1. The van der Waals surface area contributed by atoms with Gasteiger partial charge >= 0.3 is 5.97 Å². The summed E-state index contributed by atoms with van der Waals surface area (Å²) >= 11 is 0. The van der Waals surface area contributed by atoms with Crippen molar-refractivity contribution >= 4 is 22.8 Å². The highest BCUT2D eigenvalue weighted by Crippen LogP contribution is 2.16. The highest BCUT2D eigenvalue weighted by Gasteiger charge is 2.06. The highest BCUT2D eigenvalue weighted by molar-refractivity contribution is 6.00. The zero-order valence-electron chi connectivity index (χ0n) is 8.63. The molecule has 0 fully saturated rings. The molecule has 2 rings (SSSR count). The molecule has 4 nitrogen and oxygen atoms in total. The number of aliphatic carboxylic acids is 1. The molecule has 0 aliphatic rings. The van der Waals surface area contributed by atoms with Crippen LogP contribution in [0.15, 0.2) is 42.6 Å². The van der Waals surface area contributed by atoms with Crippen LogP contribution in [0.25, 0.3) is 10.9 Å². The molecule has 2 aromatic rings. The lowest BCUT2D eigenvalue weighted by molar-refractivity contribution is -0.131. The standard InChI is InChI=1S/C12H8FNO3/c13-9-1-2-10-8(7-9)5-6-14(10)11(15)3-4-12(16)17/h1-7H,(H,16,17)/b4-3+. The van der Waals surface area contributed by atoms with Gasteiger partial charge in [0.15, 0.2) is 0 Å². The van der Waals surface area contributed by atoms with Crippen LogP contribution in [-0.2, 0) is 4.79 Å². The number of halogens is 1. The average molecular weight is 233 g/mol. The third kappa shape index (κ3) is 2.23. The van der Waals surface area contributed by atoms with E-state index in [0.29, 0.717) is 10.9 Å². The Labute approximate surface area is 95.6 Å². The van der Waals surface area contributed by atoms with E-state index in [0.717, 1.165) is 12.2 Å². The molecule has 17 heavy (non-hydrogen) atoms. The van der Waals surface area contributed by atoms with Gasteiger partial charge in [-0.3, -0.25) is 9.36 Å². The fourth-order valence-corrected chi connectivity index (χ4v) is 1.53. The van der Waals surface area contributed by atoms with Crippen LogP contribution in [0.4, 0.5) is 4.39 Å². The van der Waals surface area contributed by atoms with Crippen molar-refractivity contribution in [2.24, 2.45) is 0 Å². The summed E-state index contributed by atoms with van der Waals surface area (Å²) in [6.07, 6.45) is 3.18. The summed E-state index contributed by atoms with van der Waals surface area (Å²) in [6.45, 7) is 0. The predicted molar refractivity (Wildman–Crippen MR) is 59.3 cm³/mol. The van der Waals surface area contributed by atoms with E-state index >= 15 is 0 Å². The Morgan fingerprint density at radius 2 is 2.00 bits per heavy atom. The molecule has 0 atom stereocenters. The second kappa shape index (κ2) is 4.21. The number of carbonyl (C=O) groups is 2. The lowest BCUT2D eigenvalue weighted by Gasteiger charge is -1.99. The van der Waals surface area contributed by atoms with Gasteiger partial charge in [0.05, 0.1) is 5.52 Å². The van der Waals surface area contributed by atoms with Crippen molar-refractivity contribution in [2.45, 2.75) is 0 Å². The van der Waals surface area contributed by atoms with Gasteiger partial charge in [-0.05, 0) is 24.3 Å². The Balaban J connectivity index is 2.43. The van der Waals surface area contributed by atoms with E-state index in [1.165, 1.54) is 29.0 Å². The molecule has 0 bridgehead atoms. The molecule has 86 valence electrons. The second-order valence-corrected chi connectivity index (χ2v) is 3.40. The zero-order valence-corrected chi connectivity index (χ0v) is 8.63. The van der Waals surface area contributed by atoms with E-state index in [4.69, 9.17) is 5.11 Å². The fourth-order valence-electron chi connectivity index (χ4n) is 1.53. The van der Waals surface area contributed by atoms with Gasteiger partial charge in [-0.1, -0.05) is 0 Å². The number of fused-ring (bicyclic) bond motifs is 1. The average Bonchev–Trinajstić information content (AvgIpc) is 2.68. The van der Waals surface area contributed by atoms with Crippen molar-refractivity contribution in [3.05, 3.63) is 48.4 Å². The molecule has 0 aliphatic carbocycles. The van der Waals surface area contributed by atoms with Gasteiger partial charge in [0.1, 0.15) is 5.82 Å². The Morgan fingerprint density at radius 1 is 1.24 bits per heavy atom. The lowest BCUT2D eigenvalue weighted by atomic mass is 10.2. The van der Waals surface area contributed by atoms with Crippen LogP contribution < -0.4 is 0 Å². The molecule has 0 saturated carbocycles. The molecule has 5 heteroatoms. The molecule has 1 aromatic heterocycles. The van der Waals surface area contributed by atoms with E-state index in [1.54, 1.807) is 6.07 Å². The first-order valence-electron chi connectivity index (χ1n) is 4.80. The first-order chi connectivity index (χ1) is 8.08. The van der Waals surface area contributed by atoms with Gasteiger partial charge in [-0.15, -0.1) is 0 Å². The molecule has 1 aromatic carbocycles. The molecule has 0 amide bonds. The van der Waals surface area contributed by atoms with Crippen LogP contribution in [0, 0.1) is 5.82 Å². The monoisotopic (exact) mass is 233 g/mol. The number of hydrogen-bond acceptors (Lipinski definition) is 2. The Kier molecular flexibility index (Phi) is 2.74. The van der Waals surface area contributed by atoms with Gasteiger partial charge in [-0.25, -0.2) is 9.18 Å². The summed E-state index contributed by atoms with van der Waals surface area (Å²) < 4.78 is 14.2. The van der Waals surface area contributed by atoms with E-state index in [-0.39, 0.29) is 5.82 Å². The van der Waals surface area contributed by atoms with E-state index in [2.05, 4.69) is 0 Å². The van der Waals surface area contributed by atoms with Crippen molar-refractivity contribution in [1.29, 1.82) is 0 Å². The number of rotatable bonds is 2. The Hall–Kier alpha value is -2.43. The van der Waals surface area contributed by atoms with Crippen LogP contribution >= 0.6 is 0 Å². The number of carboxylic acids is 1. The minimum absolute atomic E-state index is 0.385. The second-order valence-electron chi connectivity index (χ2n) is 3.40. The summed E-state index contributed by atoms with van der Waals surface area (Å²) in [5.41, 5.74) is 0.534. The SMILES string of the molecule is O=C(O)/C=C/C(=O)n1ccc2cc(F)ccc21. The normalized spacial score (nSPS) is 11.1. The van der Waals surface area contributed by atoms with Crippen LogP contribution in [0.2, 0.25) is 0 Å². The Morgan fingerprint density at radius 3 is 2.71 bits per heavy atom. The van der Waals surface area contributed by atoms with Crippen molar-refractivity contribution in [3.63, 3.8) is 0 Å². The maximum absolute atomic E-state index is 12.9. The molecule has 1 heterocycles. The Bertz CT molecular complexity index is 628. The van der Waals surface area contributed by atoms with Crippen LogP contribution in [0.1, 0.15) is 4.79 Å². The van der Waals surface area contributed by atoms with Crippen molar-refractivity contribution in [1.82, 2.24) is 4.57 Å². The van der Waals surface area contributed by atoms with Crippen molar-refractivity contribution in [2.75, 3.05) is 0 Å². The topological polar surface area (TPSA) is 59.3 Å². The first-order valence-corrected chi connectivity index (χ1v) is 4.80. The lowest BCUT2D eigenvalue weighted by Crippen LogP contribution is -2.06. The molecular formula is C12H8FNO3. The van der Waals surface area contributed by atoms with Crippen LogP contribution in [-0.4, -0.2) is 21.6 Å². The number of allylic oxidation sites excluding steroid dienone is 1. The van der Waals surface area contributed by atoms with Crippen molar-refractivity contribution < 1.29 is 19.1 Å². The number of hydrogen-bond donors (Lipinski definition) is 1. The summed E-state index contributed by atoms with van der Waals surface area (Å²) in [6, 6.07) is 5.61. The van der Waals surface area contributed by atoms with Gasteiger partial charge in [0.25, 0.3) is 5.91 Å². The number of benzene rings is 1. The van der Waals surface area contributed by atoms with Crippen LogP contribution in [0.5, 0.6) is 0 Å². The van der Waals surface area contributed by atoms with Gasteiger partial charge in [0, 0.05) is 23.7 Å². The number of carbonyl (C=O) groups excluding carboxylic acids is 1. The summed E-state index contributed by atoms with van der Waals surface area (Å²) in [5.74, 6) is -2.07. The number of nitrogens with zero attached hydrogens (tertiary/aromatic N) is 1. The maximum atomic E-state index is 12.9. The fraction of sp³-hybridized carbons (Fsp3) is 0. The zero-order chi connectivity index (χ0) is 12.4. The first kappa shape index (κ1) is 11.1. The van der Waals surface area contributed by atoms with E-state index in [1.807, 2.05) is 0 Å². The summed E-state index contributed by atoms with van der Waals surface area (Å²) in [5, 5.41) is 9.00. The van der Waals surface area contributed by atoms with Crippen molar-refractivity contribution in [3.8, 4) is 0 Å². The maximum Gasteiger partial charge on any atom is 0.328 e. The molecule has 0 radical (unpaired) electrons. The summed E-state index contributed by atoms with van der Waals surface area (Å²) in [4.78, 5) is 21.9. The smallest absolute Gasteiger partial charge is 0.328 e. The molecule has 0 unspecified atom stereocenters. The van der Waals surface area contributed by atoms with E-state index < -0.39 is 11.9 Å².